The predicted molar refractivity (Wildman–Crippen MR) is 55.4 cm³/mol. The molecule has 1 aliphatic carbocycles. The number of hydrogen-bond donors (Lipinski definition) is 2. The predicted octanol–water partition coefficient (Wildman–Crippen LogP) is 0.565. The summed E-state index contributed by atoms with van der Waals surface area (Å²) in [6, 6.07) is 0. The van der Waals surface area contributed by atoms with Crippen LogP contribution < -0.4 is 11.2 Å². The monoisotopic (exact) mass is 199 g/mol. The number of nitrogens with two attached hydrogens (primary N) is 1. The van der Waals surface area contributed by atoms with Gasteiger partial charge in [0.15, 0.2) is 5.11 Å². The van der Waals surface area contributed by atoms with Crippen molar-refractivity contribution in [2.45, 2.75) is 25.7 Å². The van der Waals surface area contributed by atoms with E-state index in [1.165, 1.54) is 0 Å². The number of thiocarbonyl (C=S) groups is 1. The molecule has 0 saturated heterocycles. The summed E-state index contributed by atoms with van der Waals surface area (Å²) in [5, 5.41) is 3.91. The quantitative estimate of drug-likeness (QED) is 0.387. The number of nitrogens with one attached hydrogen (secondary N) is 1. The Morgan fingerprint density at radius 1 is 1.69 bits per heavy atom. The van der Waals surface area contributed by atoms with Gasteiger partial charge in [0.05, 0.1) is 5.92 Å². The summed E-state index contributed by atoms with van der Waals surface area (Å²) in [7, 11) is 0. The molecule has 0 radical (unpaired) electrons. The summed E-state index contributed by atoms with van der Waals surface area (Å²) in [5.41, 5.74) is 7.60. The molecule has 0 aliphatic heterocycles. The van der Waals surface area contributed by atoms with Gasteiger partial charge in [-0.25, -0.2) is 0 Å². The second kappa shape index (κ2) is 4.91. The van der Waals surface area contributed by atoms with Gasteiger partial charge in [0.1, 0.15) is 5.78 Å². The number of hydrazone groups is 1. The van der Waals surface area contributed by atoms with Gasteiger partial charge in [-0.15, -0.1) is 0 Å². The molecule has 0 aromatic heterocycles. The molecular formula is C8H13N3OS. The van der Waals surface area contributed by atoms with Crippen LogP contribution in [0.15, 0.2) is 5.10 Å². The van der Waals surface area contributed by atoms with Gasteiger partial charge in [-0.2, -0.15) is 5.10 Å². The van der Waals surface area contributed by atoms with E-state index in [2.05, 4.69) is 22.7 Å². The van der Waals surface area contributed by atoms with Crippen LogP contribution in [0.1, 0.15) is 25.7 Å². The molecular weight excluding hydrogens is 186 g/mol. The van der Waals surface area contributed by atoms with Crippen molar-refractivity contribution in [1.82, 2.24) is 5.43 Å². The van der Waals surface area contributed by atoms with Crippen molar-refractivity contribution in [3.05, 3.63) is 0 Å². The van der Waals surface area contributed by atoms with Crippen molar-refractivity contribution < 1.29 is 4.79 Å². The van der Waals surface area contributed by atoms with Gasteiger partial charge in [0.2, 0.25) is 0 Å². The number of Topliss-reactive ketones (excluding diaryl/α,β-unsaturated/α-hetero) is 1. The van der Waals surface area contributed by atoms with E-state index < -0.39 is 0 Å². The second-order valence-electron chi connectivity index (χ2n) is 3.07. The van der Waals surface area contributed by atoms with Gasteiger partial charge in [-0.05, 0) is 25.1 Å². The molecule has 0 aromatic rings. The third-order valence-corrected chi connectivity index (χ3v) is 2.12. The summed E-state index contributed by atoms with van der Waals surface area (Å²) in [6.45, 7) is 0. The maximum absolute atomic E-state index is 11.3. The Bertz CT molecular complexity index is 240. The fraction of sp³-hybridized carbons (Fsp3) is 0.625. The Balaban J connectivity index is 2.37. The fourth-order valence-electron chi connectivity index (χ4n) is 1.36. The van der Waals surface area contributed by atoms with Crippen molar-refractivity contribution in [1.29, 1.82) is 0 Å². The lowest BCUT2D eigenvalue weighted by molar-refractivity contribution is -0.122. The van der Waals surface area contributed by atoms with Crippen LogP contribution in [0.3, 0.4) is 0 Å². The van der Waals surface area contributed by atoms with Gasteiger partial charge in [0, 0.05) is 12.6 Å². The Morgan fingerprint density at radius 3 is 3.08 bits per heavy atom. The zero-order chi connectivity index (χ0) is 9.68. The minimum absolute atomic E-state index is 0.0457. The fourth-order valence-corrected chi connectivity index (χ4v) is 1.41. The van der Waals surface area contributed by atoms with Crippen LogP contribution in [0.25, 0.3) is 0 Å². The van der Waals surface area contributed by atoms with Crippen molar-refractivity contribution in [2.75, 3.05) is 0 Å². The van der Waals surface area contributed by atoms with Gasteiger partial charge in [-0.3, -0.25) is 10.2 Å². The number of nitrogens with zero attached hydrogens (tertiary/aromatic N) is 1. The van der Waals surface area contributed by atoms with Gasteiger partial charge in [-0.1, -0.05) is 6.42 Å². The highest BCUT2D eigenvalue weighted by Gasteiger charge is 2.19. The summed E-state index contributed by atoms with van der Waals surface area (Å²) in [5.74, 6) is 0.218. The number of hydrogen-bond acceptors (Lipinski definition) is 3. The third-order valence-electron chi connectivity index (χ3n) is 2.03. The zero-order valence-corrected chi connectivity index (χ0v) is 8.14. The topological polar surface area (TPSA) is 67.5 Å². The van der Waals surface area contributed by atoms with Crippen LogP contribution in [0.4, 0.5) is 0 Å². The highest BCUT2D eigenvalue weighted by Crippen LogP contribution is 2.18. The molecule has 72 valence electrons. The molecule has 1 aliphatic rings. The van der Waals surface area contributed by atoms with Crippen LogP contribution in [-0.4, -0.2) is 17.1 Å². The molecule has 0 spiro atoms. The molecule has 1 rings (SSSR count). The van der Waals surface area contributed by atoms with Crippen LogP contribution in [-0.2, 0) is 4.79 Å². The lowest BCUT2D eigenvalue weighted by Crippen LogP contribution is -2.26. The van der Waals surface area contributed by atoms with E-state index >= 15 is 0 Å². The number of rotatable bonds is 2. The Kier molecular flexibility index (Phi) is 3.82. The van der Waals surface area contributed by atoms with E-state index in [1.807, 2.05) is 0 Å². The molecule has 0 amide bonds. The van der Waals surface area contributed by atoms with Crippen LogP contribution in [0.5, 0.6) is 0 Å². The van der Waals surface area contributed by atoms with Crippen molar-refractivity contribution >= 4 is 29.3 Å². The van der Waals surface area contributed by atoms with Crippen molar-refractivity contribution in [3.8, 4) is 0 Å². The van der Waals surface area contributed by atoms with Gasteiger partial charge in [0.25, 0.3) is 0 Å². The second-order valence-corrected chi connectivity index (χ2v) is 3.51. The van der Waals surface area contributed by atoms with E-state index in [1.54, 1.807) is 6.21 Å². The number of carbonyl (C=O) groups is 1. The average molecular weight is 199 g/mol. The first-order valence-electron chi connectivity index (χ1n) is 4.31. The minimum Gasteiger partial charge on any atom is -0.375 e. The lowest BCUT2D eigenvalue weighted by Gasteiger charge is -2.15. The molecule has 0 heterocycles. The summed E-state index contributed by atoms with van der Waals surface area (Å²) in [6.07, 6.45) is 5.26. The van der Waals surface area contributed by atoms with Gasteiger partial charge < -0.3 is 5.73 Å². The van der Waals surface area contributed by atoms with E-state index in [0.29, 0.717) is 6.42 Å². The van der Waals surface area contributed by atoms with Crippen LogP contribution >= 0.6 is 12.2 Å². The van der Waals surface area contributed by atoms with E-state index in [-0.39, 0.29) is 16.8 Å². The first kappa shape index (κ1) is 10.1. The van der Waals surface area contributed by atoms with Crippen LogP contribution in [0, 0.1) is 5.92 Å². The molecule has 1 saturated carbocycles. The number of ketones is 1. The van der Waals surface area contributed by atoms with E-state index in [9.17, 15) is 4.79 Å². The lowest BCUT2D eigenvalue weighted by atomic mass is 9.89. The van der Waals surface area contributed by atoms with E-state index in [4.69, 9.17) is 5.73 Å². The van der Waals surface area contributed by atoms with Crippen molar-refractivity contribution in [2.24, 2.45) is 16.8 Å². The zero-order valence-electron chi connectivity index (χ0n) is 7.32. The summed E-state index contributed by atoms with van der Waals surface area (Å²) >= 11 is 4.56. The molecule has 0 bridgehead atoms. The Labute approximate surface area is 82.6 Å². The molecule has 4 nitrogen and oxygen atoms in total. The normalized spacial score (nSPS) is 23.4. The van der Waals surface area contributed by atoms with Crippen molar-refractivity contribution in [3.63, 3.8) is 0 Å². The van der Waals surface area contributed by atoms with E-state index in [0.717, 1.165) is 19.3 Å². The van der Waals surface area contributed by atoms with Crippen LogP contribution in [0.2, 0.25) is 0 Å². The van der Waals surface area contributed by atoms with Gasteiger partial charge >= 0.3 is 0 Å². The smallest absolute Gasteiger partial charge is 0.184 e. The first-order chi connectivity index (χ1) is 6.20. The molecule has 0 unspecified atom stereocenters. The average Bonchev–Trinajstić information content (AvgIpc) is 2.08. The highest BCUT2D eigenvalue weighted by atomic mass is 32.1. The maximum atomic E-state index is 11.3. The minimum atomic E-state index is -0.0457. The summed E-state index contributed by atoms with van der Waals surface area (Å²) in [4.78, 5) is 11.3. The third kappa shape index (κ3) is 3.50. The first-order valence-corrected chi connectivity index (χ1v) is 4.72. The molecule has 1 fully saturated rings. The SMILES string of the molecule is NC(=S)N/N=C\[C@@H]1CCCCC1=O. The highest BCUT2D eigenvalue weighted by molar-refractivity contribution is 7.80. The Hall–Kier alpha value is -0.970. The molecule has 5 heteroatoms. The maximum Gasteiger partial charge on any atom is 0.184 e. The molecule has 1 atom stereocenters. The molecule has 0 aromatic carbocycles. The Morgan fingerprint density at radius 2 is 2.46 bits per heavy atom. The largest absolute Gasteiger partial charge is 0.375 e. The molecule has 13 heavy (non-hydrogen) atoms. The number of carbonyl (C=O) groups excluding carboxylic acids is 1. The molecule has 3 N–H and O–H groups in total. The standard InChI is InChI=1S/C8H13N3OS/c9-8(13)11-10-5-6-3-1-2-4-7(6)12/h5-6H,1-4H2,(H3,9,11,13)/b10-5-/t6-/m0/s1. The summed E-state index contributed by atoms with van der Waals surface area (Å²) < 4.78 is 0.